The number of anilines is 1. The van der Waals surface area contributed by atoms with Gasteiger partial charge in [-0.05, 0) is 30.8 Å². The number of rotatable bonds is 7. The Balaban J connectivity index is 2.61. The third-order valence-corrected chi connectivity index (χ3v) is 3.45. The van der Waals surface area contributed by atoms with Crippen molar-refractivity contribution >= 4 is 15.7 Å². The molecule has 0 amide bonds. The van der Waals surface area contributed by atoms with Crippen molar-refractivity contribution in [2.45, 2.75) is 13.3 Å². The summed E-state index contributed by atoms with van der Waals surface area (Å²) in [5.74, 6) is -0.533. The molecule has 0 fully saturated rings. The highest BCUT2D eigenvalue weighted by Gasteiger charge is 2.30. The molecule has 0 saturated carbocycles. The third kappa shape index (κ3) is 6.62. The van der Waals surface area contributed by atoms with Gasteiger partial charge in [-0.3, -0.25) is 4.72 Å². The molecule has 114 valence electrons. The summed E-state index contributed by atoms with van der Waals surface area (Å²) in [5.41, 5.74) is 0.177. The first-order chi connectivity index (χ1) is 9.22. The zero-order valence-electron chi connectivity index (χ0n) is 10.7. The average molecular weight is 312 g/mol. The van der Waals surface area contributed by atoms with Crippen LogP contribution in [0.1, 0.15) is 6.92 Å². The van der Waals surface area contributed by atoms with Crippen molar-refractivity contribution in [3.8, 4) is 5.75 Å². The maximum absolute atomic E-state index is 11.9. The molecule has 0 bridgehead atoms. The van der Waals surface area contributed by atoms with Gasteiger partial charge in [-0.15, -0.1) is 13.2 Å². The van der Waals surface area contributed by atoms with Crippen LogP contribution in [0.15, 0.2) is 24.3 Å². The van der Waals surface area contributed by atoms with E-state index in [0.29, 0.717) is 13.1 Å². The van der Waals surface area contributed by atoms with E-state index in [1.54, 1.807) is 0 Å². The second-order valence-corrected chi connectivity index (χ2v) is 5.69. The summed E-state index contributed by atoms with van der Waals surface area (Å²) in [4.78, 5) is 0. The van der Waals surface area contributed by atoms with Gasteiger partial charge < -0.3 is 10.1 Å². The zero-order valence-corrected chi connectivity index (χ0v) is 11.5. The van der Waals surface area contributed by atoms with Gasteiger partial charge in [-0.2, -0.15) is 0 Å². The fraction of sp³-hybridized carbons (Fsp3) is 0.455. The molecular weight excluding hydrogens is 297 g/mol. The van der Waals surface area contributed by atoms with Crippen LogP contribution in [0.2, 0.25) is 0 Å². The molecule has 0 saturated heterocycles. The minimum atomic E-state index is -4.77. The number of hydrogen-bond acceptors (Lipinski definition) is 4. The first kappa shape index (κ1) is 16.6. The van der Waals surface area contributed by atoms with Crippen molar-refractivity contribution in [1.29, 1.82) is 0 Å². The Morgan fingerprint density at radius 3 is 2.30 bits per heavy atom. The number of halogens is 3. The molecule has 0 heterocycles. The monoisotopic (exact) mass is 312 g/mol. The van der Waals surface area contributed by atoms with Gasteiger partial charge in [0.05, 0.1) is 5.75 Å². The van der Waals surface area contributed by atoms with Crippen LogP contribution in [-0.4, -0.2) is 33.6 Å². The maximum Gasteiger partial charge on any atom is 0.573 e. The van der Waals surface area contributed by atoms with Gasteiger partial charge in [0.1, 0.15) is 5.75 Å². The van der Waals surface area contributed by atoms with E-state index in [1.165, 1.54) is 12.1 Å². The van der Waals surface area contributed by atoms with E-state index in [-0.39, 0.29) is 11.4 Å². The van der Waals surface area contributed by atoms with Crippen molar-refractivity contribution in [2.75, 3.05) is 23.6 Å². The fourth-order valence-corrected chi connectivity index (χ4v) is 2.35. The number of sulfonamides is 1. The van der Waals surface area contributed by atoms with E-state index in [2.05, 4.69) is 14.8 Å². The fourth-order valence-electron chi connectivity index (χ4n) is 1.34. The summed E-state index contributed by atoms with van der Waals surface area (Å²) in [5, 5.41) is 2.86. The number of nitrogens with one attached hydrogen (secondary N) is 2. The van der Waals surface area contributed by atoms with Crippen LogP contribution in [0.25, 0.3) is 0 Å². The Morgan fingerprint density at radius 1 is 1.20 bits per heavy atom. The SMILES string of the molecule is CCNCCS(=O)(=O)Nc1ccc(OC(F)(F)F)cc1. The molecule has 0 atom stereocenters. The molecule has 0 aromatic heterocycles. The van der Waals surface area contributed by atoms with Gasteiger partial charge in [-0.1, -0.05) is 6.92 Å². The molecule has 1 aromatic rings. The second kappa shape index (κ2) is 6.80. The van der Waals surface area contributed by atoms with Gasteiger partial charge in [0, 0.05) is 12.2 Å². The summed E-state index contributed by atoms with van der Waals surface area (Å²) in [6, 6.07) is 4.48. The Labute approximate surface area is 115 Å². The largest absolute Gasteiger partial charge is 0.573 e. The summed E-state index contributed by atoms with van der Waals surface area (Å²) in [7, 11) is -3.53. The molecule has 20 heavy (non-hydrogen) atoms. The van der Waals surface area contributed by atoms with E-state index in [4.69, 9.17) is 0 Å². The zero-order chi connectivity index (χ0) is 15.2. The van der Waals surface area contributed by atoms with E-state index < -0.39 is 22.1 Å². The van der Waals surface area contributed by atoms with Crippen LogP contribution < -0.4 is 14.8 Å². The third-order valence-electron chi connectivity index (χ3n) is 2.16. The molecule has 0 radical (unpaired) electrons. The van der Waals surface area contributed by atoms with Crippen LogP contribution in [0, 0.1) is 0 Å². The molecule has 1 aromatic carbocycles. The number of benzene rings is 1. The molecule has 1 rings (SSSR count). The second-order valence-electron chi connectivity index (χ2n) is 3.85. The lowest BCUT2D eigenvalue weighted by atomic mass is 10.3. The maximum atomic E-state index is 11.9. The molecule has 0 aliphatic carbocycles. The first-order valence-electron chi connectivity index (χ1n) is 5.79. The van der Waals surface area contributed by atoms with E-state index in [1.807, 2.05) is 6.92 Å². The van der Waals surface area contributed by atoms with E-state index >= 15 is 0 Å². The highest BCUT2D eigenvalue weighted by Crippen LogP contribution is 2.24. The van der Waals surface area contributed by atoms with Crippen LogP contribution in [0.3, 0.4) is 0 Å². The molecule has 0 spiro atoms. The predicted molar refractivity (Wildman–Crippen MR) is 69.1 cm³/mol. The minimum Gasteiger partial charge on any atom is -0.406 e. The normalized spacial score (nSPS) is 12.2. The lowest BCUT2D eigenvalue weighted by Gasteiger charge is -2.11. The molecular formula is C11H15F3N2O3S. The van der Waals surface area contributed by atoms with Crippen molar-refractivity contribution in [3.63, 3.8) is 0 Å². The smallest absolute Gasteiger partial charge is 0.406 e. The van der Waals surface area contributed by atoms with Gasteiger partial charge >= 0.3 is 6.36 Å². The molecule has 2 N–H and O–H groups in total. The molecule has 9 heteroatoms. The molecule has 0 unspecified atom stereocenters. The Kier molecular flexibility index (Phi) is 5.63. The van der Waals surface area contributed by atoms with Gasteiger partial charge in [0.25, 0.3) is 0 Å². The Morgan fingerprint density at radius 2 is 1.80 bits per heavy atom. The van der Waals surface area contributed by atoms with E-state index in [0.717, 1.165) is 12.1 Å². The average Bonchev–Trinajstić information content (AvgIpc) is 2.30. The Bertz CT molecular complexity index is 515. The summed E-state index contributed by atoms with van der Waals surface area (Å²) in [6.45, 7) is 2.79. The van der Waals surface area contributed by atoms with Crippen molar-refractivity contribution in [1.82, 2.24) is 5.32 Å². The summed E-state index contributed by atoms with van der Waals surface area (Å²) < 4.78 is 65.0. The van der Waals surface area contributed by atoms with E-state index in [9.17, 15) is 21.6 Å². The Hall–Kier alpha value is -1.48. The summed E-state index contributed by atoms with van der Waals surface area (Å²) >= 11 is 0. The standard InChI is InChI=1S/C11H15F3N2O3S/c1-2-15-7-8-20(17,18)16-9-3-5-10(6-4-9)19-11(12,13)14/h3-6,15-16H,2,7-8H2,1H3. The number of ether oxygens (including phenoxy) is 1. The lowest BCUT2D eigenvalue weighted by molar-refractivity contribution is -0.274. The van der Waals surface area contributed by atoms with Gasteiger partial charge in [0.15, 0.2) is 0 Å². The molecule has 5 nitrogen and oxygen atoms in total. The van der Waals surface area contributed by atoms with Gasteiger partial charge in [0.2, 0.25) is 10.0 Å². The number of hydrogen-bond donors (Lipinski definition) is 2. The highest BCUT2D eigenvalue weighted by molar-refractivity contribution is 7.92. The van der Waals surface area contributed by atoms with Crippen molar-refractivity contribution in [2.24, 2.45) is 0 Å². The van der Waals surface area contributed by atoms with Gasteiger partial charge in [-0.25, -0.2) is 8.42 Å². The number of alkyl halides is 3. The minimum absolute atomic E-state index is 0.123. The predicted octanol–water partition coefficient (Wildman–Crippen LogP) is 1.94. The van der Waals surface area contributed by atoms with Crippen LogP contribution in [0.4, 0.5) is 18.9 Å². The first-order valence-corrected chi connectivity index (χ1v) is 7.44. The van der Waals surface area contributed by atoms with Crippen LogP contribution in [-0.2, 0) is 10.0 Å². The lowest BCUT2D eigenvalue weighted by Crippen LogP contribution is -2.26. The van der Waals surface area contributed by atoms with Crippen molar-refractivity contribution in [3.05, 3.63) is 24.3 Å². The topological polar surface area (TPSA) is 67.4 Å². The van der Waals surface area contributed by atoms with Crippen LogP contribution >= 0.6 is 0 Å². The van der Waals surface area contributed by atoms with Crippen LogP contribution in [0.5, 0.6) is 5.75 Å². The quantitative estimate of drug-likeness (QED) is 0.755. The molecule has 0 aliphatic heterocycles. The molecule has 0 aliphatic rings. The summed E-state index contributed by atoms with van der Waals surface area (Å²) in [6.07, 6.45) is -4.77. The van der Waals surface area contributed by atoms with Crippen molar-refractivity contribution < 1.29 is 26.3 Å². The highest BCUT2D eigenvalue weighted by atomic mass is 32.2.